The van der Waals surface area contributed by atoms with E-state index in [1.807, 2.05) is 4.90 Å². The first-order valence-corrected chi connectivity index (χ1v) is 8.44. The molecule has 0 unspecified atom stereocenters. The summed E-state index contributed by atoms with van der Waals surface area (Å²) < 4.78 is 5.40. The molecule has 11 nitrogen and oxygen atoms in total. The normalized spacial score (nSPS) is 13.9. The Hall–Kier alpha value is -3.76. The van der Waals surface area contributed by atoms with Crippen molar-refractivity contribution in [2.24, 2.45) is 0 Å². The molecule has 2 aromatic rings. The quantitative estimate of drug-likeness (QED) is 0.539. The van der Waals surface area contributed by atoms with Crippen molar-refractivity contribution in [3.05, 3.63) is 62.8 Å². The second-order valence-corrected chi connectivity index (χ2v) is 6.04. The molecular formula is C17H17N5O6. The Morgan fingerprint density at radius 3 is 2.11 bits per heavy atom. The van der Waals surface area contributed by atoms with Crippen molar-refractivity contribution in [2.45, 2.75) is 0 Å². The zero-order valence-corrected chi connectivity index (χ0v) is 14.8. The van der Waals surface area contributed by atoms with Crippen molar-refractivity contribution in [3.63, 3.8) is 0 Å². The van der Waals surface area contributed by atoms with Crippen molar-refractivity contribution in [1.82, 2.24) is 9.88 Å². The molecule has 1 aliphatic rings. The maximum absolute atomic E-state index is 12.3. The van der Waals surface area contributed by atoms with Crippen LogP contribution >= 0.6 is 0 Å². The van der Waals surface area contributed by atoms with E-state index in [0.717, 1.165) is 0 Å². The number of benzene rings is 1. The number of nitro groups is 2. The van der Waals surface area contributed by atoms with Gasteiger partial charge in [-0.2, -0.15) is 0 Å². The second kappa shape index (κ2) is 8.29. The number of ether oxygens (including phenoxy) is 1. The van der Waals surface area contributed by atoms with Gasteiger partial charge in [0.05, 0.1) is 9.85 Å². The van der Waals surface area contributed by atoms with Crippen LogP contribution in [0, 0.1) is 20.2 Å². The van der Waals surface area contributed by atoms with Crippen LogP contribution in [0.4, 0.5) is 17.2 Å². The van der Waals surface area contributed by atoms with Gasteiger partial charge in [-0.3, -0.25) is 25.0 Å². The molecule has 28 heavy (non-hydrogen) atoms. The molecule has 0 radical (unpaired) electrons. The van der Waals surface area contributed by atoms with Gasteiger partial charge in [-0.15, -0.1) is 0 Å². The summed E-state index contributed by atoms with van der Waals surface area (Å²) in [5.74, 6) is 0.821. The lowest BCUT2D eigenvalue weighted by molar-refractivity contribution is -0.385. The van der Waals surface area contributed by atoms with Crippen molar-refractivity contribution in [1.29, 1.82) is 0 Å². The van der Waals surface area contributed by atoms with Gasteiger partial charge in [-0.1, -0.05) is 0 Å². The predicted octanol–water partition coefficient (Wildman–Crippen LogP) is 1.63. The molecule has 0 spiro atoms. The van der Waals surface area contributed by atoms with Gasteiger partial charge in [-0.05, 0) is 18.2 Å². The maximum Gasteiger partial charge on any atom is 0.287 e. The smallest absolute Gasteiger partial charge is 0.287 e. The van der Waals surface area contributed by atoms with Gasteiger partial charge in [0.2, 0.25) is 0 Å². The molecule has 0 atom stereocenters. The first-order chi connectivity index (χ1) is 13.4. The number of nitrogens with zero attached hydrogens (tertiary/aromatic N) is 5. The van der Waals surface area contributed by atoms with E-state index in [4.69, 9.17) is 4.74 Å². The van der Waals surface area contributed by atoms with Crippen LogP contribution in [0.25, 0.3) is 0 Å². The van der Waals surface area contributed by atoms with Gasteiger partial charge < -0.3 is 14.5 Å². The third-order valence-electron chi connectivity index (χ3n) is 4.31. The lowest BCUT2D eigenvalue weighted by Gasteiger charge is -2.35. The van der Waals surface area contributed by atoms with E-state index in [1.54, 1.807) is 11.0 Å². The first-order valence-electron chi connectivity index (χ1n) is 8.44. The Morgan fingerprint density at radius 1 is 0.964 bits per heavy atom. The van der Waals surface area contributed by atoms with Crippen LogP contribution in [0.2, 0.25) is 0 Å². The number of non-ortho nitro benzene ring substituents is 1. The Kier molecular flexibility index (Phi) is 5.63. The van der Waals surface area contributed by atoms with E-state index in [2.05, 4.69) is 4.98 Å². The number of amides is 1. The molecule has 1 aromatic heterocycles. The molecule has 2 heterocycles. The fraction of sp³-hybridized carbons (Fsp3) is 0.294. The highest BCUT2D eigenvalue weighted by molar-refractivity contribution is 5.78. The molecule has 1 aliphatic heterocycles. The van der Waals surface area contributed by atoms with Crippen molar-refractivity contribution in [2.75, 3.05) is 37.7 Å². The molecule has 0 saturated carbocycles. The molecule has 146 valence electrons. The van der Waals surface area contributed by atoms with Gasteiger partial charge in [0, 0.05) is 44.4 Å². The number of hydrogen-bond donors (Lipinski definition) is 0. The van der Waals surface area contributed by atoms with Gasteiger partial charge in [-0.25, -0.2) is 4.98 Å². The minimum atomic E-state index is -0.506. The molecule has 1 saturated heterocycles. The van der Waals surface area contributed by atoms with E-state index in [-0.39, 0.29) is 23.9 Å². The van der Waals surface area contributed by atoms with E-state index < -0.39 is 9.85 Å². The highest BCUT2D eigenvalue weighted by atomic mass is 16.6. The number of carbonyl (C=O) groups excluding carboxylic acids is 1. The number of aromatic nitrogens is 1. The predicted molar refractivity (Wildman–Crippen MR) is 98.3 cm³/mol. The molecule has 0 aliphatic carbocycles. The Bertz CT molecular complexity index is 863. The van der Waals surface area contributed by atoms with Crippen LogP contribution in [-0.2, 0) is 4.79 Å². The molecular weight excluding hydrogens is 370 g/mol. The monoisotopic (exact) mass is 387 g/mol. The Morgan fingerprint density at radius 2 is 1.57 bits per heavy atom. The largest absolute Gasteiger partial charge is 0.484 e. The van der Waals surface area contributed by atoms with E-state index in [1.165, 1.54) is 36.5 Å². The number of carbonyl (C=O) groups is 1. The Labute approximate surface area is 159 Å². The molecule has 1 fully saturated rings. The third-order valence-corrected chi connectivity index (χ3v) is 4.31. The number of rotatable bonds is 6. The summed E-state index contributed by atoms with van der Waals surface area (Å²) in [5.41, 5.74) is -0.115. The van der Waals surface area contributed by atoms with E-state index in [0.29, 0.717) is 37.7 Å². The van der Waals surface area contributed by atoms with Crippen LogP contribution in [-0.4, -0.2) is 58.4 Å². The van der Waals surface area contributed by atoms with Gasteiger partial charge in [0.25, 0.3) is 17.3 Å². The van der Waals surface area contributed by atoms with Crippen LogP contribution in [0.15, 0.2) is 42.6 Å². The topological polar surface area (TPSA) is 132 Å². The molecule has 11 heteroatoms. The average molecular weight is 387 g/mol. The Balaban J connectivity index is 1.48. The molecule has 1 amide bonds. The number of pyridine rings is 1. The van der Waals surface area contributed by atoms with Gasteiger partial charge >= 0.3 is 0 Å². The fourth-order valence-corrected chi connectivity index (χ4v) is 2.76. The van der Waals surface area contributed by atoms with Crippen molar-refractivity contribution >= 4 is 23.1 Å². The lowest BCUT2D eigenvalue weighted by atomic mass is 10.3. The number of anilines is 1. The summed E-state index contributed by atoms with van der Waals surface area (Å²) in [4.78, 5) is 40.3. The first kappa shape index (κ1) is 19.0. The standard InChI is InChI=1S/C17H17N5O6/c23-17(12-28-15-4-1-13(2-5-15)21(24)25)20-9-7-19(8-10-20)16-6-3-14(11-18-16)22(26)27/h1-6,11H,7-10,12H2. The van der Waals surface area contributed by atoms with Crippen molar-refractivity contribution in [3.8, 4) is 5.75 Å². The summed E-state index contributed by atoms with van der Waals surface area (Å²) in [6.07, 6.45) is 1.21. The SMILES string of the molecule is O=C(COc1ccc([N+](=O)[O-])cc1)N1CCN(c2ccc([N+](=O)[O-])cn2)CC1. The third kappa shape index (κ3) is 4.50. The van der Waals surface area contributed by atoms with Crippen molar-refractivity contribution < 1.29 is 19.4 Å². The fourth-order valence-electron chi connectivity index (χ4n) is 2.76. The summed E-state index contributed by atoms with van der Waals surface area (Å²) in [6.45, 7) is 1.89. The summed E-state index contributed by atoms with van der Waals surface area (Å²) in [7, 11) is 0. The minimum Gasteiger partial charge on any atom is -0.484 e. The van der Waals surface area contributed by atoms with E-state index >= 15 is 0 Å². The number of piperazine rings is 1. The second-order valence-electron chi connectivity index (χ2n) is 6.04. The molecule has 1 aromatic carbocycles. The van der Waals surface area contributed by atoms with Crippen LogP contribution in [0.5, 0.6) is 5.75 Å². The van der Waals surface area contributed by atoms with Crippen LogP contribution in [0.1, 0.15) is 0 Å². The zero-order valence-electron chi connectivity index (χ0n) is 14.8. The average Bonchev–Trinajstić information content (AvgIpc) is 2.72. The lowest BCUT2D eigenvalue weighted by Crippen LogP contribution is -2.50. The van der Waals surface area contributed by atoms with Gasteiger partial charge in [0.1, 0.15) is 17.8 Å². The van der Waals surface area contributed by atoms with Gasteiger partial charge in [0.15, 0.2) is 6.61 Å². The highest BCUT2D eigenvalue weighted by Crippen LogP contribution is 2.19. The van der Waals surface area contributed by atoms with Crippen LogP contribution < -0.4 is 9.64 Å². The maximum atomic E-state index is 12.3. The summed E-state index contributed by atoms with van der Waals surface area (Å²) in [5, 5.41) is 21.3. The van der Waals surface area contributed by atoms with Crippen LogP contribution in [0.3, 0.4) is 0 Å². The summed E-state index contributed by atoms with van der Waals surface area (Å²) >= 11 is 0. The van der Waals surface area contributed by atoms with E-state index in [9.17, 15) is 25.0 Å². The molecule has 0 N–H and O–H groups in total. The highest BCUT2D eigenvalue weighted by Gasteiger charge is 2.22. The summed E-state index contributed by atoms with van der Waals surface area (Å²) in [6, 6.07) is 8.52. The zero-order chi connectivity index (χ0) is 20.1. The number of hydrogen-bond acceptors (Lipinski definition) is 8. The number of nitro benzene ring substituents is 1. The molecule has 3 rings (SSSR count). The molecule has 0 bridgehead atoms. The minimum absolute atomic E-state index is 0.0466.